The van der Waals surface area contributed by atoms with Crippen LogP contribution in [0.15, 0.2) is 71.8 Å². The highest BCUT2D eigenvalue weighted by molar-refractivity contribution is 6.39. The molecule has 0 spiro atoms. The number of anilines is 1. The fourth-order valence-electron chi connectivity index (χ4n) is 3.12. The molecule has 0 radical (unpaired) electrons. The van der Waals surface area contributed by atoms with E-state index in [2.05, 4.69) is 15.8 Å². The SMILES string of the molecule is COc1ccc(C(=O)Oc2ccccc2C(C)=NNC(=O)C(=O)Nc2ccc(C)cc2C)cc1. The second-order valence-corrected chi connectivity index (χ2v) is 7.52. The van der Waals surface area contributed by atoms with Crippen LogP contribution in [0.5, 0.6) is 11.5 Å². The lowest BCUT2D eigenvalue weighted by Gasteiger charge is -2.11. The van der Waals surface area contributed by atoms with Crippen molar-refractivity contribution < 1.29 is 23.9 Å². The topological polar surface area (TPSA) is 106 Å². The molecule has 0 unspecified atom stereocenters. The van der Waals surface area contributed by atoms with Gasteiger partial charge < -0.3 is 14.8 Å². The summed E-state index contributed by atoms with van der Waals surface area (Å²) < 4.78 is 10.6. The third-order valence-corrected chi connectivity index (χ3v) is 4.97. The Morgan fingerprint density at radius 3 is 2.26 bits per heavy atom. The molecule has 0 aliphatic carbocycles. The third-order valence-electron chi connectivity index (χ3n) is 4.97. The summed E-state index contributed by atoms with van der Waals surface area (Å²) in [5, 5.41) is 6.57. The molecule has 0 atom stereocenters. The van der Waals surface area contributed by atoms with E-state index in [1.54, 1.807) is 61.5 Å². The average molecular weight is 460 g/mol. The number of hydrogen-bond acceptors (Lipinski definition) is 6. The smallest absolute Gasteiger partial charge is 0.343 e. The number of para-hydroxylation sites is 1. The maximum absolute atomic E-state index is 12.5. The Labute approximate surface area is 197 Å². The van der Waals surface area contributed by atoms with Crippen LogP contribution < -0.4 is 20.2 Å². The minimum atomic E-state index is -0.924. The van der Waals surface area contributed by atoms with Crippen molar-refractivity contribution in [3.05, 3.63) is 89.0 Å². The quantitative estimate of drug-likeness (QED) is 0.190. The van der Waals surface area contributed by atoms with E-state index in [0.29, 0.717) is 28.3 Å². The summed E-state index contributed by atoms with van der Waals surface area (Å²) in [7, 11) is 1.54. The van der Waals surface area contributed by atoms with Gasteiger partial charge >= 0.3 is 17.8 Å². The van der Waals surface area contributed by atoms with Crippen LogP contribution in [0.3, 0.4) is 0 Å². The van der Waals surface area contributed by atoms with Gasteiger partial charge in [-0.25, -0.2) is 10.2 Å². The minimum absolute atomic E-state index is 0.263. The molecular weight excluding hydrogens is 434 g/mol. The van der Waals surface area contributed by atoms with E-state index >= 15 is 0 Å². The van der Waals surface area contributed by atoms with E-state index in [9.17, 15) is 14.4 Å². The molecule has 34 heavy (non-hydrogen) atoms. The van der Waals surface area contributed by atoms with Crippen molar-refractivity contribution >= 4 is 29.2 Å². The van der Waals surface area contributed by atoms with Crippen molar-refractivity contribution in [3.63, 3.8) is 0 Å². The molecule has 0 bridgehead atoms. The van der Waals surface area contributed by atoms with Crippen molar-refractivity contribution in [1.82, 2.24) is 5.43 Å². The monoisotopic (exact) mass is 459 g/mol. The van der Waals surface area contributed by atoms with Crippen molar-refractivity contribution in [2.75, 3.05) is 12.4 Å². The predicted molar refractivity (Wildman–Crippen MR) is 129 cm³/mol. The third kappa shape index (κ3) is 6.07. The fourth-order valence-corrected chi connectivity index (χ4v) is 3.12. The molecule has 3 aromatic rings. The lowest BCUT2D eigenvalue weighted by Crippen LogP contribution is -2.33. The zero-order valence-corrected chi connectivity index (χ0v) is 19.3. The van der Waals surface area contributed by atoms with Crippen LogP contribution in [0, 0.1) is 13.8 Å². The van der Waals surface area contributed by atoms with Gasteiger partial charge in [-0.1, -0.05) is 29.8 Å². The standard InChI is InChI=1S/C26H25N3O5/c1-16-9-14-22(17(2)15-16)27-24(30)25(31)29-28-18(3)21-7-5-6-8-23(21)34-26(32)19-10-12-20(33-4)13-11-19/h5-15H,1-4H3,(H,27,30)(H,29,31). The van der Waals surface area contributed by atoms with E-state index in [0.717, 1.165) is 11.1 Å². The molecule has 8 nitrogen and oxygen atoms in total. The summed E-state index contributed by atoms with van der Waals surface area (Å²) in [6.07, 6.45) is 0. The summed E-state index contributed by atoms with van der Waals surface area (Å²) in [4.78, 5) is 37.0. The van der Waals surface area contributed by atoms with Gasteiger partial charge in [-0.05, 0) is 68.8 Å². The molecule has 0 saturated carbocycles. The zero-order valence-electron chi connectivity index (χ0n) is 19.3. The molecule has 0 aromatic heterocycles. The van der Waals surface area contributed by atoms with E-state index < -0.39 is 17.8 Å². The number of hydrogen-bond donors (Lipinski definition) is 2. The van der Waals surface area contributed by atoms with Gasteiger partial charge in [0.2, 0.25) is 0 Å². The number of aryl methyl sites for hydroxylation is 2. The van der Waals surface area contributed by atoms with E-state index in [4.69, 9.17) is 9.47 Å². The van der Waals surface area contributed by atoms with Gasteiger partial charge in [-0.2, -0.15) is 5.10 Å². The number of carbonyl (C=O) groups excluding carboxylic acids is 3. The van der Waals surface area contributed by atoms with Crippen molar-refractivity contribution in [3.8, 4) is 11.5 Å². The number of ether oxygens (including phenoxy) is 2. The van der Waals surface area contributed by atoms with Gasteiger partial charge in [0, 0.05) is 11.3 Å². The molecule has 2 amide bonds. The molecule has 0 aliphatic heterocycles. The Morgan fingerprint density at radius 1 is 0.882 bits per heavy atom. The molecule has 0 saturated heterocycles. The number of methoxy groups -OCH3 is 1. The van der Waals surface area contributed by atoms with Gasteiger partial charge in [0.05, 0.1) is 18.4 Å². The summed E-state index contributed by atoms with van der Waals surface area (Å²) >= 11 is 0. The summed E-state index contributed by atoms with van der Waals surface area (Å²) in [6, 6.07) is 18.8. The number of amides is 2. The van der Waals surface area contributed by atoms with Crippen molar-refractivity contribution in [2.24, 2.45) is 5.10 Å². The van der Waals surface area contributed by atoms with Gasteiger partial charge in [-0.15, -0.1) is 0 Å². The number of esters is 1. The van der Waals surface area contributed by atoms with Gasteiger partial charge in [0.15, 0.2) is 0 Å². The number of nitrogens with zero attached hydrogens (tertiary/aromatic N) is 1. The molecule has 0 fully saturated rings. The summed E-state index contributed by atoms with van der Waals surface area (Å²) in [5.41, 5.74) is 5.86. The number of hydrazone groups is 1. The Balaban J connectivity index is 1.68. The van der Waals surface area contributed by atoms with Gasteiger partial charge in [-0.3, -0.25) is 9.59 Å². The Morgan fingerprint density at radius 2 is 1.59 bits per heavy atom. The highest BCUT2D eigenvalue weighted by Crippen LogP contribution is 2.21. The number of rotatable bonds is 6. The number of benzene rings is 3. The molecule has 2 N–H and O–H groups in total. The number of carbonyl (C=O) groups is 3. The van der Waals surface area contributed by atoms with Crippen LogP contribution in [0.25, 0.3) is 0 Å². The lowest BCUT2D eigenvalue weighted by molar-refractivity contribution is -0.136. The molecule has 8 heteroatoms. The normalized spacial score (nSPS) is 10.9. The average Bonchev–Trinajstić information content (AvgIpc) is 2.84. The lowest BCUT2D eigenvalue weighted by atomic mass is 10.1. The minimum Gasteiger partial charge on any atom is -0.497 e. The Hall–Kier alpha value is -4.46. The van der Waals surface area contributed by atoms with Crippen molar-refractivity contribution in [1.29, 1.82) is 0 Å². The first-order chi connectivity index (χ1) is 16.3. The van der Waals surface area contributed by atoms with E-state index in [-0.39, 0.29) is 5.75 Å². The van der Waals surface area contributed by atoms with Crippen LogP contribution in [0.4, 0.5) is 5.69 Å². The fraction of sp³-hybridized carbons (Fsp3) is 0.154. The molecule has 0 heterocycles. The zero-order chi connectivity index (χ0) is 24.7. The predicted octanol–water partition coefficient (Wildman–Crippen LogP) is 4.01. The molecule has 0 aliphatic rings. The summed E-state index contributed by atoms with van der Waals surface area (Å²) in [5.74, 6) is -1.44. The maximum atomic E-state index is 12.5. The second kappa shape index (κ2) is 10.9. The largest absolute Gasteiger partial charge is 0.497 e. The Bertz CT molecular complexity index is 1250. The summed E-state index contributed by atoms with van der Waals surface area (Å²) in [6.45, 7) is 5.41. The first-order valence-electron chi connectivity index (χ1n) is 10.5. The van der Waals surface area contributed by atoms with Crippen molar-refractivity contribution in [2.45, 2.75) is 20.8 Å². The Kier molecular flexibility index (Phi) is 7.76. The van der Waals surface area contributed by atoms with Crippen LogP contribution >= 0.6 is 0 Å². The van der Waals surface area contributed by atoms with Gasteiger partial charge in [0.25, 0.3) is 0 Å². The maximum Gasteiger partial charge on any atom is 0.343 e. The molecule has 3 rings (SSSR count). The van der Waals surface area contributed by atoms with Gasteiger partial charge in [0.1, 0.15) is 11.5 Å². The van der Waals surface area contributed by atoms with E-state index in [1.807, 2.05) is 26.0 Å². The molecule has 3 aromatic carbocycles. The van der Waals surface area contributed by atoms with Crippen LogP contribution in [0.2, 0.25) is 0 Å². The number of nitrogens with one attached hydrogen (secondary N) is 2. The first-order valence-corrected chi connectivity index (χ1v) is 10.5. The molecule has 174 valence electrons. The van der Waals surface area contributed by atoms with E-state index in [1.165, 1.54) is 7.11 Å². The first kappa shape index (κ1) is 24.2. The van der Waals surface area contributed by atoms with Crippen LogP contribution in [-0.2, 0) is 9.59 Å². The second-order valence-electron chi connectivity index (χ2n) is 7.52. The molecular formula is C26H25N3O5. The highest BCUT2D eigenvalue weighted by Gasteiger charge is 2.16. The van der Waals surface area contributed by atoms with Crippen LogP contribution in [0.1, 0.15) is 34.0 Å². The highest BCUT2D eigenvalue weighted by atomic mass is 16.5. The van der Waals surface area contributed by atoms with Crippen LogP contribution in [-0.4, -0.2) is 30.6 Å².